The van der Waals surface area contributed by atoms with E-state index in [1.54, 1.807) is 6.07 Å². The molecule has 2 heterocycles. The van der Waals surface area contributed by atoms with Gasteiger partial charge in [-0.25, -0.2) is 4.39 Å². The van der Waals surface area contributed by atoms with Crippen molar-refractivity contribution >= 4 is 0 Å². The normalized spacial score (nSPS) is 18.0. The van der Waals surface area contributed by atoms with Gasteiger partial charge in [-0.2, -0.15) is 5.26 Å². The second-order valence-electron chi connectivity index (χ2n) is 7.38. The molecule has 2 aliphatic rings. The Kier molecular flexibility index (Phi) is 5.87. The summed E-state index contributed by atoms with van der Waals surface area (Å²) in [5.74, 6) is 0.548. The molecule has 6 heteroatoms. The van der Waals surface area contributed by atoms with Crippen LogP contribution in [0.15, 0.2) is 36.4 Å². The van der Waals surface area contributed by atoms with Crippen LogP contribution in [-0.4, -0.2) is 42.8 Å². The Hall–Kier alpha value is -2.46. The van der Waals surface area contributed by atoms with E-state index in [1.165, 1.54) is 11.6 Å². The zero-order valence-corrected chi connectivity index (χ0v) is 15.9. The standard InChI is InChI=1S/C22H24FN3O2/c23-21-10-19(22-20(11-21)15-27-16-28-22)14-26-7-1-6-25(8-9-26)13-18-4-2-17(12-24)3-5-18/h2-5,10-11H,1,6-9,13-16H2. The van der Waals surface area contributed by atoms with Crippen LogP contribution in [0.3, 0.4) is 0 Å². The topological polar surface area (TPSA) is 48.7 Å². The minimum atomic E-state index is -0.236. The number of hydrogen-bond acceptors (Lipinski definition) is 5. The predicted molar refractivity (Wildman–Crippen MR) is 103 cm³/mol. The van der Waals surface area contributed by atoms with Gasteiger partial charge in [0.15, 0.2) is 6.79 Å². The van der Waals surface area contributed by atoms with E-state index in [2.05, 4.69) is 15.9 Å². The van der Waals surface area contributed by atoms with Gasteiger partial charge in [-0.05, 0) is 49.3 Å². The molecule has 146 valence electrons. The average Bonchev–Trinajstić information content (AvgIpc) is 2.93. The van der Waals surface area contributed by atoms with Gasteiger partial charge in [0.2, 0.25) is 0 Å². The van der Waals surface area contributed by atoms with Crippen molar-refractivity contribution in [2.45, 2.75) is 26.1 Å². The van der Waals surface area contributed by atoms with Crippen molar-refractivity contribution < 1.29 is 13.9 Å². The van der Waals surface area contributed by atoms with E-state index in [4.69, 9.17) is 14.7 Å². The van der Waals surface area contributed by atoms with Gasteiger partial charge >= 0.3 is 0 Å². The third-order valence-electron chi connectivity index (χ3n) is 5.32. The molecule has 0 radical (unpaired) electrons. The van der Waals surface area contributed by atoms with Gasteiger partial charge in [0.25, 0.3) is 0 Å². The predicted octanol–water partition coefficient (Wildman–Crippen LogP) is 3.27. The largest absolute Gasteiger partial charge is 0.467 e. The summed E-state index contributed by atoms with van der Waals surface area (Å²) in [5.41, 5.74) is 3.61. The molecule has 2 aromatic carbocycles. The van der Waals surface area contributed by atoms with Crippen LogP contribution in [0.1, 0.15) is 28.7 Å². The van der Waals surface area contributed by atoms with Gasteiger partial charge in [-0.1, -0.05) is 12.1 Å². The third-order valence-corrected chi connectivity index (χ3v) is 5.32. The highest BCUT2D eigenvalue weighted by Crippen LogP contribution is 2.30. The van der Waals surface area contributed by atoms with Crippen molar-refractivity contribution in [3.8, 4) is 11.8 Å². The Morgan fingerprint density at radius 2 is 1.75 bits per heavy atom. The van der Waals surface area contributed by atoms with E-state index in [9.17, 15) is 4.39 Å². The molecule has 0 unspecified atom stereocenters. The van der Waals surface area contributed by atoms with E-state index >= 15 is 0 Å². The number of fused-ring (bicyclic) bond motifs is 1. The SMILES string of the molecule is N#Cc1ccc(CN2CCCN(Cc3cc(F)cc4c3OCOC4)CC2)cc1. The van der Waals surface area contributed by atoms with Crippen molar-refractivity contribution in [3.05, 3.63) is 64.5 Å². The van der Waals surface area contributed by atoms with Gasteiger partial charge in [0.05, 0.1) is 18.2 Å². The fraction of sp³-hybridized carbons (Fsp3) is 0.409. The zero-order chi connectivity index (χ0) is 19.3. The summed E-state index contributed by atoms with van der Waals surface area (Å²) in [6.07, 6.45) is 1.07. The van der Waals surface area contributed by atoms with Gasteiger partial charge in [-0.3, -0.25) is 9.80 Å². The van der Waals surface area contributed by atoms with Crippen molar-refractivity contribution in [1.82, 2.24) is 9.80 Å². The molecule has 1 saturated heterocycles. The first kappa shape index (κ1) is 18.9. The maximum atomic E-state index is 14.0. The fourth-order valence-corrected chi connectivity index (χ4v) is 3.90. The number of rotatable bonds is 4. The lowest BCUT2D eigenvalue weighted by atomic mass is 10.1. The smallest absolute Gasteiger partial charge is 0.189 e. The molecule has 1 fully saturated rings. The highest BCUT2D eigenvalue weighted by atomic mass is 19.1. The summed E-state index contributed by atoms with van der Waals surface area (Å²) < 4.78 is 24.9. The number of benzene rings is 2. The number of ether oxygens (including phenoxy) is 2. The van der Waals surface area contributed by atoms with Crippen molar-refractivity contribution in [2.75, 3.05) is 33.0 Å². The second kappa shape index (κ2) is 8.70. The molecule has 0 saturated carbocycles. The number of nitriles is 1. The first-order valence-electron chi connectivity index (χ1n) is 9.67. The summed E-state index contributed by atoms with van der Waals surface area (Å²) in [7, 11) is 0. The second-order valence-corrected chi connectivity index (χ2v) is 7.38. The summed E-state index contributed by atoms with van der Waals surface area (Å²) >= 11 is 0. The molecule has 0 spiro atoms. The Bertz CT molecular complexity index is 863. The average molecular weight is 381 g/mol. The van der Waals surface area contributed by atoms with Crippen LogP contribution >= 0.6 is 0 Å². The lowest BCUT2D eigenvalue weighted by Crippen LogP contribution is -2.30. The van der Waals surface area contributed by atoms with Crippen molar-refractivity contribution in [3.63, 3.8) is 0 Å². The zero-order valence-electron chi connectivity index (χ0n) is 15.9. The molecule has 0 aliphatic carbocycles. The monoisotopic (exact) mass is 381 g/mol. The molecule has 0 N–H and O–H groups in total. The molecule has 4 rings (SSSR count). The summed E-state index contributed by atoms with van der Waals surface area (Å²) in [6, 6.07) is 13.0. The molecule has 2 aromatic rings. The Balaban J connectivity index is 1.38. The van der Waals surface area contributed by atoms with Crippen molar-refractivity contribution in [2.24, 2.45) is 0 Å². The van der Waals surface area contributed by atoms with Crippen molar-refractivity contribution in [1.29, 1.82) is 5.26 Å². The van der Waals surface area contributed by atoms with Gasteiger partial charge in [-0.15, -0.1) is 0 Å². The molecule has 0 atom stereocenters. The molecule has 0 amide bonds. The van der Waals surface area contributed by atoms with Crippen LogP contribution in [-0.2, 0) is 24.4 Å². The van der Waals surface area contributed by atoms with Gasteiger partial charge in [0.1, 0.15) is 11.6 Å². The lowest BCUT2D eigenvalue weighted by molar-refractivity contribution is -0.0177. The first-order valence-corrected chi connectivity index (χ1v) is 9.67. The first-order chi connectivity index (χ1) is 13.7. The molecular formula is C22H24FN3O2. The molecular weight excluding hydrogens is 357 g/mol. The molecule has 28 heavy (non-hydrogen) atoms. The van der Waals surface area contributed by atoms with Crippen LogP contribution in [0.4, 0.5) is 4.39 Å². The van der Waals surface area contributed by atoms with E-state index < -0.39 is 0 Å². The van der Waals surface area contributed by atoms with Crippen LogP contribution in [0.25, 0.3) is 0 Å². The van der Waals surface area contributed by atoms with E-state index in [-0.39, 0.29) is 12.6 Å². The Morgan fingerprint density at radius 1 is 1.00 bits per heavy atom. The number of nitrogens with zero attached hydrogens (tertiary/aromatic N) is 3. The quantitative estimate of drug-likeness (QED) is 0.814. The summed E-state index contributed by atoms with van der Waals surface area (Å²) in [5, 5.41) is 8.92. The minimum Gasteiger partial charge on any atom is -0.467 e. The Labute approximate surface area is 164 Å². The van der Waals surface area contributed by atoms with Gasteiger partial charge in [0, 0.05) is 37.3 Å². The fourth-order valence-electron chi connectivity index (χ4n) is 3.90. The van der Waals surface area contributed by atoms with Crippen LogP contribution in [0.2, 0.25) is 0 Å². The highest BCUT2D eigenvalue weighted by Gasteiger charge is 2.21. The molecule has 0 aromatic heterocycles. The van der Waals surface area contributed by atoms with Crippen LogP contribution in [0.5, 0.6) is 5.75 Å². The van der Waals surface area contributed by atoms with E-state index in [1.807, 2.05) is 24.3 Å². The number of halogens is 1. The van der Waals surface area contributed by atoms with Crippen LogP contribution in [0, 0.1) is 17.1 Å². The Morgan fingerprint density at radius 3 is 2.50 bits per heavy atom. The summed E-state index contributed by atoms with van der Waals surface area (Å²) in [6.45, 7) is 6.09. The summed E-state index contributed by atoms with van der Waals surface area (Å²) in [4.78, 5) is 4.80. The number of hydrogen-bond donors (Lipinski definition) is 0. The highest BCUT2D eigenvalue weighted by molar-refractivity contribution is 5.42. The van der Waals surface area contributed by atoms with E-state index in [0.29, 0.717) is 18.7 Å². The van der Waals surface area contributed by atoms with Gasteiger partial charge < -0.3 is 9.47 Å². The maximum Gasteiger partial charge on any atom is 0.189 e. The van der Waals surface area contributed by atoms with E-state index in [0.717, 1.165) is 56.0 Å². The van der Waals surface area contributed by atoms with Crippen LogP contribution < -0.4 is 4.74 Å². The molecule has 2 aliphatic heterocycles. The molecule has 5 nitrogen and oxygen atoms in total. The molecule has 0 bridgehead atoms. The third kappa shape index (κ3) is 4.50. The minimum absolute atomic E-state index is 0.226. The maximum absolute atomic E-state index is 14.0. The lowest BCUT2D eigenvalue weighted by Gasteiger charge is -2.25.